The summed E-state index contributed by atoms with van der Waals surface area (Å²) in [7, 11) is 0. The second kappa shape index (κ2) is 6.49. The second-order valence-electron chi connectivity index (χ2n) is 12.9. The molecule has 2 saturated carbocycles. The van der Waals surface area contributed by atoms with Crippen LogP contribution in [0.3, 0.4) is 0 Å². The molecule has 3 aromatic carbocycles. The molecule has 5 aliphatic rings. The van der Waals surface area contributed by atoms with E-state index in [1.807, 2.05) is 0 Å². The maximum Gasteiger partial charge on any atom is 0.0953 e. The van der Waals surface area contributed by atoms with Crippen LogP contribution in [0.25, 0.3) is 0 Å². The highest BCUT2D eigenvalue weighted by Crippen LogP contribution is 2.85. The molecule has 2 fully saturated rings. The minimum absolute atomic E-state index is 0.0153. The third-order valence-electron chi connectivity index (χ3n) is 12.4. The summed E-state index contributed by atoms with van der Waals surface area (Å²) >= 11 is 0. The minimum atomic E-state index is 0.0153. The Balaban J connectivity index is 1.31. The van der Waals surface area contributed by atoms with Gasteiger partial charge in [-0.3, -0.25) is 5.01 Å². The number of rotatable bonds is 2. The van der Waals surface area contributed by atoms with Gasteiger partial charge in [0.25, 0.3) is 0 Å². The Bertz CT molecular complexity index is 1430. The first-order valence-corrected chi connectivity index (χ1v) is 13.8. The summed E-state index contributed by atoms with van der Waals surface area (Å²) in [6.45, 7) is 11.3. The number of benzene rings is 3. The molecule has 1 aliphatic heterocycles. The van der Waals surface area contributed by atoms with E-state index >= 15 is 0 Å². The normalized spacial score (nSPS) is 42.6. The lowest BCUT2D eigenvalue weighted by Crippen LogP contribution is -2.51. The summed E-state index contributed by atoms with van der Waals surface area (Å²) in [5, 5.41) is 12.0. The highest BCUT2D eigenvalue weighted by molar-refractivity contribution is 5.68. The van der Waals surface area contributed by atoms with E-state index in [1.165, 1.54) is 12.0 Å². The molecule has 3 heteroatoms. The molecule has 3 aromatic rings. The highest BCUT2D eigenvalue weighted by Gasteiger charge is 2.83. The maximum atomic E-state index is 4.92. The summed E-state index contributed by atoms with van der Waals surface area (Å²) in [6, 6.07) is 30.4. The molecule has 0 spiro atoms. The van der Waals surface area contributed by atoms with Gasteiger partial charge in [0.2, 0.25) is 0 Å². The molecule has 3 nitrogen and oxygen atoms in total. The predicted octanol–water partition coefficient (Wildman–Crippen LogP) is 7.20. The molecule has 0 saturated heterocycles. The molecule has 182 valence electrons. The summed E-state index contributed by atoms with van der Waals surface area (Å²) in [6.07, 6.45) is 2.31. The lowest BCUT2D eigenvalue weighted by atomic mass is 9.52. The van der Waals surface area contributed by atoms with Gasteiger partial charge in [-0.05, 0) is 52.5 Å². The highest BCUT2D eigenvalue weighted by atomic mass is 15.6. The van der Waals surface area contributed by atoms with Crippen LogP contribution in [-0.4, -0.2) is 17.1 Å². The van der Waals surface area contributed by atoms with E-state index in [2.05, 4.69) is 112 Å². The van der Waals surface area contributed by atoms with Crippen molar-refractivity contribution in [2.75, 3.05) is 0 Å². The zero-order chi connectivity index (χ0) is 24.5. The van der Waals surface area contributed by atoms with Crippen LogP contribution in [0.1, 0.15) is 68.4 Å². The van der Waals surface area contributed by atoms with Crippen molar-refractivity contribution in [2.24, 2.45) is 27.6 Å². The van der Waals surface area contributed by atoms with Crippen LogP contribution in [0.4, 0.5) is 0 Å². The molecule has 4 unspecified atom stereocenters. The number of hydrogen-bond acceptors (Lipinski definition) is 3. The van der Waals surface area contributed by atoms with Crippen molar-refractivity contribution in [3.63, 3.8) is 0 Å². The Morgan fingerprint density at radius 1 is 0.694 bits per heavy atom. The van der Waals surface area contributed by atoms with E-state index in [0.29, 0.717) is 23.9 Å². The molecule has 0 aromatic heterocycles. The molecule has 8 atom stereocenters. The fraction of sp³-hybridized carbons (Fsp3) is 0.455. The number of nitrogens with zero attached hydrogens (tertiary/aromatic N) is 3. The zero-order valence-electron chi connectivity index (χ0n) is 21.8. The van der Waals surface area contributed by atoms with Gasteiger partial charge in [0, 0.05) is 21.7 Å². The van der Waals surface area contributed by atoms with Crippen molar-refractivity contribution < 1.29 is 0 Å². The molecule has 1 heterocycles. The van der Waals surface area contributed by atoms with E-state index in [0.717, 1.165) is 13.0 Å². The van der Waals surface area contributed by atoms with Crippen molar-refractivity contribution in [1.29, 1.82) is 0 Å². The fourth-order valence-corrected chi connectivity index (χ4v) is 10.7. The summed E-state index contributed by atoms with van der Waals surface area (Å²) in [5.74, 6) is 1.20. The van der Waals surface area contributed by atoms with E-state index in [-0.39, 0.29) is 21.7 Å². The molecular weight excluding hydrogens is 438 g/mol. The summed E-state index contributed by atoms with van der Waals surface area (Å²) < 4.78 is 0. The van der Waals surface area contributed by atoms with Crippen molar-refractivity contribution in [2.45, 2.75) is 75.4 Å². The number of hydrogen-bond donors (Lipinski definition) is 0. The average Bonchev–Trinajstić information content (AvgIpc) is 3.48. The standard InChI is InChI=1S/C33H35N3/c1-30-22-14-8-10-16-24(22)31(2)26-18-28-29(36(35-34-28)20-21-12-6-5-7-13-21)19-27(26)32(3,33(30,31)4)25-17-11-9-15-23(25)30/h5-17,26-29H,18-20H2,1-4H3/t26?,27?,28?,29?,30-,31+,32-,33+/m1/s1. The van der Waals surface area contributed by atoms with Gasteiger partial charge in [-0.1, -0.05) is 112 Å². The van der Waals surface area contributed by atoms with Gasteiger partial charge in [0.05, 0.1) is 18.6 Å². The zero-order valence-corrected chi connectivity index (χ0v) is 21.8. The Labute approximate surface area is 214 Å². The molecular formula is C33H35N3. The maximum absolute atomic E-state index is 4.92. The van der Waals surface area contributed by atoms with Gasteiger partial charge < -0.3 is 0 Å². The Morgan fingerprint density at radius 3 is 1.83 bits per heavy atom. The molecule has 4 aliphatic carbocycles. The first-order valence-electron chi connectivity index (χ1n) is 13.8. The Kier molecular flexibility index (Phi) is 3.81. The SMILES string of the molecule is C[C@@]12c3ccccc3[C@@]3(C)C4CC5N=NN(Cc6ccccc6)C5CC4[C@@](C)(c4ccccc41)[C@@]23C. The largest absolute Gasteiger partial charge is 0.269 e. The molecule has 8 rings (SSSR count). The average molecular weight is 474 g/mol. The van der Waals surface area contributed by atoms with Gasteiger partial charge in [-0.2, -0.15) is 5.11 Å². The predicted molar refractivity (Wildman–Crippen MR) is 143 cm³/mol. The molecule has 0 radical (unpaired) electrons. The van der Waals surface area contributed by atoms with Crippen LogP contribution in [0.15, 0.2) is 89.2 Å². The summed E-state index contributed by atoms with van der Waals surface area (Å²) in [5.41, 5.74) is 7.96. The first-order chi connectivity index (χ1) is 17.4. The third-order valence-corrected chi connectivity index (χ3v) is 12.4. The van der Waals surface area contributed by atoms with Crippen molar-refractivity contribution in [3.05, 3.63) is 107 Å². The minimum Gasteiger partial charge on any atom is -0.269 e. The molecule has 36 heavy (non-hydrogen) atoms. The van der Waals surface area contributed by atoms with Crippen LogP contribution in [0, 0.1) is 17.3 Å². The smallest absolute Gasteiger partial charge is 0.0953 e. The van der Waals surface area contributed by atoms with Gasteiger partial charge in [0.1, 0.15) is 0 Å². The van der Waals surface area contributed by atoms with E-state index in [9.17, 15) is 0 Å². The quantitative estimate of drug-likeness (QED) is 0.387. The van der Waals surface area contributed by atoms with Crippen LogP contribution in [0.5, 0.6) is 0 Å². The van der Waals surface area contributed by atoms with Crippen LogP contribution in [0.2, 0.25) is 0 Å². The van der Waals surface area contributed by atoms with Gasteiger partial charge in [0.15, 0.2) is 0 Å². The Morgan fingerprint density at radius 2 is 1.22 bits per heavy atom. The van der Waals surface area contributed by atoms with Gasteiger partial charge >= 0.3 is 0 Å². The lowest BCUT2D eigenvalue weighted by Gasteiger charge is -2.50. The van der Waals surface area contributed by atoms with Crippen LogP contribution < -0.4 is 0 Å². The third kappa shape index (κ3) is 1.98. The first kappa shape index (κ1) is 21.2. The fourth-order valence-electron chi connectivity index (χ4n) is 10.7. The Hall–Kier alpha value is -2.94. The molecule has 0 N–H and O–H groups in total. The van der Waals surface area contributed by atoms with Crippen LogP contribution in [-0.2, 0) is 22.8 Å². The van der Waals surface area contributed by atoms with E-state index < -0.39 is 0 Å². The van der Waals surface area contributed by atoms with Gasteiger partial charge in [-0.15, -0.1) is 0 Å². The van der Waals surface area contributed by atoms with Crippen molar-refractivity contribution in [1.82, 2.24) is 5.01 Å². The van der Waals surface area contributed by atoms with Crippen molar-refractivity contribution >= 4 is 0 Å². The van der Waals surface area contributed by atoms with Gasteiger partial charge in [-0.25, -0.2) is 0 Å². The molecule has 0 amide bonds. The molecule has 0 bridgehead atoms. The number of fused-ring (bicyclic) bond motifs is 10. The monoisotopic (exact) mass is 473 g/mol. The van der Waals surface area contributed by atoms with E-state index in [1.54, 1.807) is 22.3 Å². The van der Waals surface area contributed by atoms with E-state index in [4.69, 9.17) is 10.3 Å². The van der Waals surface area contributed by atoms with Crippen LogP contribution >= 0.6 is 0 Å². The second-order valence-corrected chi connectivity index (χ2v) is 12.9. The van der Waals surface area contributed by atoms with Crippen molar-refractivity contribution in [3.8, 4) is 0 Å². The summed E-state index contributed by atoms with van der Waals surface area (Å²) in [4.78, 5) is 0. The lowest BCUT2D eigenvalue weighted by molar-refractivity contribution is 0.0673. The topological polar surface area (TPSA) is 28.0 Å².